The van der Waals surface area contributed by atoms with E-state index in [1.54, 1.807) is 6.07 Å². The number of likely N-dealkylation sites (N-methyl/N-ethyl adjacent to an activating group) is 1. The first kappa shape index (κ1) is 17.3. The van der Waals surface area contributed by atoms with Crippen LogP contribution in [0.3, 0.4) is 0 Å². The van der Waals surface area contributed by atoms with E-state index in [4.69, 9.17) is 11.6 Å². The van der Waals surface area contributed by atoms with E-state index in [1.165, 1.54) is 12.8 Å². The largest absolute Gasteiger partial charge is 0.506 e. The van der Waals surface area contributed by atoms with Crippen molar-refractivity contribution in [2.24, 2.45) is 5.92 Å². The van der Waals surface area contributed by atoms with Crippen molar-refractivity contribution in [3.05, 3.63) is 28.8 Å². The summed E-state index contributed by atoms with van der Waals surface area (Å²) in [6, 6.07) is 5.89. The molecule has 0 saturated carbocycles. The second-order valence-corrected chi connectivity index (χ2v) is 5.93. The summed E-state index contributed by atoms with van der Waals surface area (Å²) in [6.45, 7) is 6.23. The summed E-state index contributed by atoms with van der Waals surface area (Å²) in [4.78, 5) is 2.30. The molecule has 0 aliphatic rings. The zero-order chi connectivity index (χ0) is 15.1. The number of aromatic hydroxyl groups is 1. The van der Waals surface area contributed by atoms with Crippen LogP contribution in [0.25, 0.3) is 0 Å². The molecule has 0 heterocycles. The molecule has 1 aromatic rings. The molecule has 1 rings (SSSR count). The van der Waals surface area contributed by atoms with Crippen LogP contribution in [0.2, 0.25) is 5.02 Å². The predicted octanol–water partition coefficient (Wildman–Crippen LogP) is 3.50. The molecule has 0 fully saturated rings. The smallest absolute Gasteiger partial charge is 0.134 e. The standard InChI is InChI=1S/C16H27ClN2O/c1-5-13(6-2)15(19(3)4)11-18-10-12-7-8-16(20)14(17)9-12/h7-9,13,15,18,20H,5-6,10-11H2,1-4H3. The first-order valence-corrected chi connectivity index (χ1v) is 7.71. The van der Waals surface area contributed by atoms with Gasteiger partial charge in [-0.25, -0.2) is 0 Å². The second kappa shape index (κ2) is 8.50. The number of benzene rings is 1. The van der Waals surface area contributed by atoms with Crippen LogP contribution in [0.1, 0.15) is 32.3 Å². The molecule has 20 heavy (non-hydrogen) atoms. The molecule has 3 nitrogen and oxygen atoms in total. The van der Waals surface area contributed by atoms with E-state index in [0.29, 0.717) is 17.0 Å². The SMILES string of the molecule is CCC(CC)C(CNCc1ccc(O)c(Cl)c1)N(C)C. The molecule has 1 atom stereocenters. The van der Waals surface area contributed by atoms with Gasteiger partial charge in [-0.3, -0.25) is 0 Å². The highest BCUT2D eigenvalue weighted by molar-refractivity contribution is 6.32. The topological polar surface area (TPSA) is 35.5 Å². The van der Waals surface area contributed by atoms with Crippen LogP contribution in [0.5, 0.6) is 5.75 Å². The van der Waals surface area contributed by atoms with Gasteiger partial charge in [0.05, 0.1) is 5.02 Å². The summed E-state index contributed by atoms with van der Waals surface area (Å²) in [5.41, 5.74) is 1.09. The van der Waals surface area contributed by atoms with Crippen molar-refractivity contribution in [3.63, 3.8) is 0 Å². The highest BCUT2D eigenvalue weighted by Gasteiger charge is 2.19. The van der Waals surface area contributed by atoms with Crippen molar-refractivity contribution < 1.29 is 5.11 Å². The Bertz CT molecular complexity index is 405. The van der Waals surface area contributed by atoms with Crippen molar-refractivity contribution in [1.82, 2.24) is 10.2 Å². The maximum absolute atomic E-state index is 9.41. The number of hydrogen-bond donors (Lipinski definition) is 2. The van der Waals surface area contributed by atoms with E-state index in [0.717, 1.165) is 18.7 Å². The molecule has 0 spiro atoms. The van der Waals surface area contributed by atoms with Gasteiger partial charge in [0, 0.05) is 19.1 Å². The summed E-state index contributed by atoms with van der Waals surface area (Å²) in [5, 5.41) is 13.3. The minimum absolute atomic E-state index is 0.138. The Hall–Kier alpha value is -0.770. The minimum atomic E-state index is 0.138. The molecule has 4 heteroatoms. The van der Waals surface area contributed by atoms with Crippen molar-refractivity contribution in [3.8, 4) is 5.75 Å². The third-order valence-electron chi connectivity index (χ3n) is 3.95. The highest BCUT2D eigenvalue weighted by Crippen LogP contribution is 2.23. The first-order chi connectivity index (χ1) is 9.49. The van der Waals surface area contributed by atoms with E-state index in [-0.39, 0.29) is 5.75 Å². The molecule has 0 amide bonds. The van der Waals surface area contributed by atoms with Crippen LogP contribution in [0, 0.1) is 5.92 Å². The molecule has 1 unspecified atom stereocenters. The maximum Gasteiger partial charge on any atom is 0.134 e. The molecule has 1 aromatic carbocycles. The third-order valence-corrected chi connectivity index (χ3v) is 4.25. The van der Waals surface area contributed by atoms with E-state index in [2.05, 4.69) is 38.2 Å². The van der Waals surface area contributed by atoms with Gasteiger partial charge in [0.1, 0.15) is 5.75 Å². The maximum atomic E-state index is 9.41. The van der Waals surface area contributed by atoms with Crippen LogP contribution in [0.4, 0.5) is 0 Å². The van der Waals surface area contributed by atoms with E-state index in [1.807, 2.05) is 12.1 Å². The Balaban J connectivity index is 2.53. The summed E-state index contributed by atoms with van der Waals surface area (Å²) >= 11 is 5.92. The van der Waals surface area contributed by atoms with Gasteiger partial charge in [-0.05, 0) is 37.7 Å². The van der Waals surface area contributed by atoms with Gasteiger partial charge in [0.2, 0.25) is 0 Å². The molecule has 0 aliphatic carbocycles. The lowest BCUT2D eigenvalue weighted by atomic mass is 9.93. The molecule has 0 bridgehead atoms. The lowest BCUT2D eigenvalue weighted by Gasteiger charge is -2.31. The Labute approximate surface area is 127 Å². The van der Waals surface area contributed by atoms with Crippen LogP contribution >= 0.6 is 11.6 Å². The zero-order valence-corrected chi connectivity index (χ0v) is 13.7. The fraction of sp³-hybridized carbons (Fsp3) is 0.625. The van der Waals surface area contributed by atoms with Gasteiger partial charge >= 0.3 is 0 Å². The van der Waals surface area contributed by atoms with Crippen molar-refractivity contribution in [2.45, 2.75) is 39.3 Å². The van der Waals surface area contributed by atoms with E-state index < -0.39 is 0 Å². The van der Waals surface area contributed by atoms with Gasteiger partial charge in [-0.15, -0.1) is 0 Å². The van der Waals surface area contributed by atoms with Crippen LogP contribution in [0.15, 0.2) is 18.2 Å². The molecule has 0 aromatic heterocycles. The van der Waals surface area contributed by atoms with Gasteiger partial charge in [0.15, 0.2) is 0 Å². The van der Waals surface area contributed by atoms with Gasteiger partial charge in [-0.1, -0.05) is 44.4 Å². The average Bonchev–Trinajstić information content (AvgIpc) is 2.42. The minimum Gasteiger partial charge on any atom is -0.506 e. The molecular weight excluding hydrogens is 272 g/mol. The lowest BCUT2D eigenvalue weighted by Crippen LogP contribution is -2.42. The molecule has 114 valence electrons. The Morgan fingerprint density at radius 2 is 1.90 bits per heavy atom. The van der Waals surface area contributed by atoms with Gasteiger partial charge in [0.25, 0.3) is 0 Å². The summed E-state index contributed by atoms with van der Waals surface area (Å²) < 4.78 is 0. The number of phenols is 1. The predicted molar refractivity (Wildman–Crippen MR) is 86.4 cm³/mol. The Morgan fingerprint density at radius 3 is 2.40 bits per heavy atom. The fourth-order valence-corrected chi connectivity index (χ4v) is 2.83. The number of nitrogens with one attached hydrogen (secondary N) is 1. The fourth-order valence-electron chi connectivity index (χ4n) is 2.63. The number of halogens is 1. The van der Waals surface area contributed by atoms with Crippen molar-refractivity contribution in [2.75, 3.05) is 20.6 Å². The van der Waals surface area contributed by atoms with Gasteiger partial charge in [-0.2, -0.15) is 0 Å². The van der Waals surface area contributed by atoms with E-state index >= 15 is 0 Å². The quantitative estimate of drug-likeness (QED) is 0.771. The molecule has 0 aliphatic heterocycles. The van der Waals surface area contributed by atoms with Crippen LogP contribution < -0.4 is 5.32 Å². The highest BCUT2D eigenvalue weighted by atomic mass is 35.5. The number of hydrogen-bond acceptors (Lipinski definition) is 3. The van der Waals surface area contributed by atoms with Crippen LogP contribution in [-0.4, -0.2) is 36.7 Å². The first-order valence-electron chi connectivity index (χ1n) is 7.34. The summed E-state index contributed by atoms with van der Waals surface area (Å²) in [5.74, 6) is 0.847. The summed E-state index contributed by atoms with van der Waals surface area (Å²) in [6.07, 6.45) is 2.40. The number of rotatable bonds is 8. The normalized spacial score (nSPS) is 13.2. The van der Waals surface area contributed by atoms with Crippen molar-refractivity contribution >= 4 is 11.6 Å². The Morgan fingerprint density at radius 1 is 1.25 bits per heavy atom. The third kappa shape index (κ3) is 4.97. The zero-order valence-electron chi connectivity index (χ0n) is 13.0. The van der Waals surface area contributed by atoms with Crippen LogP contribution in [-0.2, 0) is 6.54 Å². The lowest BCUT2D eigenvalue weighted by molar-refractivity contribution is 0.194. The summed E-state index contributed by atoms with van der Waals surface area (Å²) in [7, 11) is 4.28. The van der Waals surface area contributed by atoms with E-state index in [9.17, 15) is 5.11 Å². The molecule has 2 N–H and O–H groups in total. The molecule has 0 radical (unpaired) electrons. The molecule has 0 saturated heterocycles. The molecular formula is C16H27ClN2O. The average molecular weight is 299 g/mol. The number of phenolic OH excluding ortho intramolecular Hbond substituents is 1. The Kier molecular flexibility index (Phi) is 7.35. The van der Waals surface area contributed by atoms with Gasteiger partial charge < -0.3 is 15.3 Å². The second-order valence-electron chi connectivity index (χ2n) is 5.52. The number of nitrogens with zero attached hydrogens (tertiary/aromatic N) is 1. The monoisotopic (exact) mass is 298 g/mol. The van der Waals surface area contributed by atoms with Crippen molar-refractivity contribution in [1.29, 1.82) is 0 Å².